The Morgan fingerprint density at radius 2 is 2.11 bits per heavy atom. The molecule has 1 aliphatic heterocycles. The van der Waals surface area contributed by atoms with Gasteiger partial charge in [-0.2, -0.15) is 0 Å². The number of alkyl carbamates (subject to hydrolysis) is 1. The first-order valence-electron chi connectivity index (χ1n) is 9.31. The zero-order chi connectivity index (χ0) is 20.1. The SMILES string of the molecule is CC(C)COC(=O)N[C@H]1CCN(c2cncc(-c3ccccc3C(F)F)n2)C1. The zero-order valence-corrected chi connectivity index (χ0v) is 15.9. The summed E-state index contributed by atoms with van der Waals surface area (Å²) in [5, 5.41) is 2.85. The van der Waals surface area contributed by atoms with Crippen molar-refractivity contribution in [3.8, 4) is 11.3 Å². The summed E-state index contributed by atoms with van der Waals surface area (Å²) in [6.45, 7) is 5.57. The molecule has 1 aliphatic rings. The molecule has 1 fully saturated rings. The average molecular weight is 390 g/mol. The minimum Gasteiger partial charge on any atom is -0.449 e. The van der Waals surface area contributed by atoms with Crippen LogP contribution in [0.1, 0.15) is 32.3 Å². The number of nitrogens with zero attached hydrogens (tertiary/aromatic N) is 3. The van der Waals surface area contributed by atoms with Crippen LogP contribution in [0.3, 0.4) is 0 Å². The van der Waals surface area contributed by atoms with Crippen LogP contribution in [-0.4, -0.2) is 41.8 Å². The van der Waals surface area contributed by atoms with Gasteiger partial charge in [-0.25, -0.2) is 18.6 Å². The summed E-state index contributed by atoms with van der Waals surface area (Å²) >= 11 is 0. The average Bonchev–Trinajstić information content (AvgIpc) is 3.15. The van der Waals surface area contributed by atoms with E-state index in [2.05, 4.69) is 15.3 Å². The molecule has 0 spiro atoms. The second kappa shape index (κ2) is 8.95. The molecule has 3 rings (SSSR count). The summed E-state index contributed by atoms with van der Waals surface area (Å²) in [5.74, 6) is 0.876. The number of rotatable bonds is 6. The minimum atomic E-state index is -2.58. The molecule has 1 amide bonds. The number of carbonyl (C=O) groups is 1. The highest BCUT2D eigenvalue weighted by Gasteiger charge is 2.26. The fourth-order valence-corrected chi connectivity index (χ4v) is 3.10. The lowest BCUT2D eigenvalue weighted by atomic mass is 10.1. The Morgan fingerprint density at radius 1 is 1.32 bits per heavy atom. The van der Waals surface area contributed by atoms with Crippen LogP contribution in [0, 0.1) is 5.92 Å². The molecule has 1 N–H and O–H groups in total. The number of hydrogen-bond acceptors (Lipinski definition) is 5. The summed E-state index contributed by atoms with van der Waals surface area (Å²) < 4.78 is 31.7. The van der Waals surface area contributed by atoms with Crippen molar-refractivity contribution < 1.29 is 18.3 Å². The van der Waals surface area contributed by atoms with Crippen LogP contribution >= 0.6 is 0 Å². The molecule has 2 aromatic rings. The number of benzene rings is 1. The van der Waals surface area contributed by atoms with Crippen LogP contribution in [0.2, 0.25) is 0 Å². The molecule has 28 heavy (non-hydrogen) atoms. The van der Waals surface area contributed by atoms with Gasteiger partial charge in [-0.15, -0.1) is 0 Å². The van der Waals surface area contributed by atoms with Crippen LogP contribution < -0.4 is 10.2 Å². The maximum absolute atomic E-state index is 13.3. The van der Waals surface area contributed by atoms with E-state index in [9.17, 15) is 13.6 Å². The standard InChI is InChI=1S/C20H24F2N4O2/c1-13(2)12-28-20(27)24-14-7-8-26(11-14)18-10-23-9-17(25-18)15-5-3-4-6-16(15)19(21)22/h3-6,9-10,13-14,19H,7-8,11-12H2,1-2H3,(H,24,27)/t14-/m0/s1. The summed E-state index contributed by atoms with van der Waals surface area (Å²) in [6, 6.07) is 6.24. The van der Waals surface area contributed by atoms with Crippen molar-refractivity contribution in [1.82, 2.24) is 15.3 Å². The van der Waals surface area contributed by atoms with Crippen molar-refractivity contribution in [3.05, 3.63) is 42.2 Å². The predicted molar refractivity (Wildman–Crippen MR) is 102 cm³/mol. The Kier molecular flexibility index (Phi) is 6.38. The largest absolute Gasteiger partial charge is 0.449 e. The highest BCUT2D eigenvalue weighted by Crippen LogP contribution is 2.30. The Hall–Kier alpha value is -2.77. The quantitative estimate of drug-likeness (QED) is 0.806. The smallest absolute Gasteiger partial charge is 0.407 e. The number of anilines is 1. The minimum absolute atomic E-state index is 0.0570. The fourth-order valence-electron chi connectivity index (χ4n) is 3.10. The van der Waals surface area contributed by atoms with Gasteiger partial charge in [0.05, 0.1) is 30.7 Å². The number of halogens is 2. The van der Waals surface area contributed by atoms with E-state index in [0.717, 1.165) is 6.42 Å². The van der Waals surface area contributed by atoms with Crippen molar-refractivity contribution in [2.45, 2.75) is 32.7 Å². The van der Waals surface area contributed by atoms with E-state index in [-0.39, 0.29) is 17.5 Å². The molecule has 1 aromatic heterocycles. The molecule has 0 aliphatic carbocycles. The second-order valence-electron chi connectivity index (χ2n) is 7.22. The van der Waals surface area contributed by atoms with E-state index in [1.54, 1.807) is 24.4 Å². The topological polar surface area (TPSA) is 67.3 Å². The number of nitrogens with one attached hydrogen (secondary N) is 1. The fraction of sp³-hybridized carbons (Fsp3) is 0.450. The maximum Gasteiger partial charge on any atom is 0.407 e. The lowest BCUT2D eigenvalue weighted by molar-refractivity contribution is 0.130. The normalized spacial score (nSPS) is 16.6. The molecule has 150 valence electrons. The Labute approximate surface area is 162 Å². The number of aromatic nitrogens is 2. The first-order valence-corrected chi connectivity index (χ1v) is 9.31. The zero-order valence-electron chi connectivity index (χ0n) is 15.9. The number of alkyl halides is 2. The van der Waals surface area contributed by atoms with Crippen LogP contribution in [0.4, 0.5) is 19.4 Å². The molecule has 0 saturated carbocycles. The van der Waals surface area contributed by atoms with E-state index in [0.29, 0.717) is 36.8 Å². The van der Waals surface area contributed by atoms with Gasteiger partial charge in [0.1, 0.15) is 5.82 Å². The molecule has 1 aromatic carbocycles. The van der Waals surface area contributed by atoms with Gasteiger partial charge in [0, 0.05) is 24.2 Å². The third-order valence-electron chi connectivity index (χ3n) is 4.48. The molecule has 0 radical (unpaired) electrons. The van der Waals surface area contributed by atoms with Gasteiger partial charge >= 0.3 is 6.09 Å². The molecular weight excluding hydrogens is 366 g/mol. The van der Waals surface area contributed by atoms with E-state index in [1.165, 1.54) is 12.3 Å². The number of carbonyl (C=O) groups excluding carboxylic acids is 1. The van der Waals surface area contributed by atoms with E-state index >= 15 is 0 Å². The first-order chi connectivity index (χ1) is 13.4. The van der Waals surface area contributed by atoms with Crippen LogP contribution in [0.15, 0.2) is 36.7 Å². The summed E-state index contributed by atoms with van der Waals surface area (Å²) in [7, 11) is 0. The number of hydrogen-bond donors (Lipinski definition) is 1. The van der Waals surface area contributed by atoms with Crippen molar-refractivity contribution in [1.29, 1.82) is 0 Å². The molecule has 0 bridgehead atoms. The molecule has 1 atom stereocenters. The molecular formula is C20H24F2N4O2. The second-order valence-corrected chi connectivity index (χ2v) is 7.22. The number of amides is 1. The summed E-state index contributed by atoms with van der Waals surface area (Å²) in [5.41, 5.74) is 0.710. The Balaban J connectivity index is 1.68. The Morgan fingerprint density at radius 3 is 2.86 bits per heavy atom. The lowest BCUT2D eigenvalue weighted by Gasteiger charge is -2.19. The van der Waals surface area contributed by atoms with Crippen LogP contribution in [0.25, 0.3) is 11.3 Å². The van der Waals surface area contributed by atoms with E-state index < -0.39 is 12.5 Å². The third-order valence-corrected chi connectivity index (χ3v) is 4.48. The summed E-state index contributed by atoms with van der Waals surface area (Å²) in [4.78, 5) is 22.5. The van der Waals surface area contributed by atoms with Crippen molar-refractivity contribution in [3.63, 3.8) is 0 Å². The predicted octanol–water partition coefficient (Wildman–Crippen LogP) is 4.04. The highest BCUT2D eigenvalue weighted by atomic mass is 19.3. The highest BCUT2D eigenvalue weighted by molar-refractivity contribution is 5.68. The first kappa shape index (κ1) is 20.0. The summed E-state index contributed by atoms with van der Waals surface area (Å²) in [6.07, 6.45) is 0.828. The number of ether oxygens (including phenoxy) is 1. The van der Waals surface area contributed by atoms with Gasteiger partial charge in [0.15, 0.2) is 0 Å². The van der Waals surface area contributed by atoms with Gasteiger partial charge in [-0.05, 0) is 12.3 Å². The molecule has 0 unspecified atom stereocenters. The molecule has 8 heteroatoms. The van der Waals surface area contributed by atoms with Gasteiger partial charge in [0.25, 0.3) is 6.43 Å². The molecule has 1 saturated heterocycles. The monoisotopic (exact) mass is 390 g/mol. The third kappa shape index (κ3) is 4.94. The molecule has 2 heterocycles. The molecule has 6 nitrogen and oxygen atoms in total. The van der Waals surface area contributed by atoms with Crippen molar-refractivity contribution in [2.75, 3.05) is 24.6 Å². The van der Waals surface area contributed by atoms with Gasteiger partial charge < -0.3 is 15.0 Å². The van der Waals surface area contributed by atoms with E-state index in [1.807, 2.05) is 18.7 Å². The van der Waals surface area contributed by atoms with Gasteiger partial charge in [-0.1, -0.05) is 38.1 Å². The Bertz CT molecular complexity index is 816. The maximum atomic E-state index is 13.3. The van der Waals surface area contributed by atoms with Crippen molar-refractivity contribution in [2.24, 2.45) is 5.92 Å². The van der Waals surface area contributed by atoms with E-state index in [4.69, 9.17) is 4.74 Å². The van der Waals surface area contributed by atoms with Crippen LogP contribution in [0.5, 0.6) is 0 Å². The lowest BCUT2D eigenvalue weighted by Crippen LogP contribution is -2.38. The van der Waals surface area contributed by atoms with Gasteiger partial charge in [0.2, 0.25) is 0 Å². The van der Waals surface area contributed by atoms with Crippen molar-refractivity contribution >= 4 is 11.9 Å². The van der Waals surface area contributed by atoms with Crippen LogP contribution in [-0.2, 0) is 4.74 Å². The van der Waals surface area contributed by atoms with Gasteiger partial charge in [-0.3, -0.25) is 4.98 Å².